The van der Waals surface area contributed by atoms with Gasteiger partial charge in [0.15, 0.2) is 0 Å². The SMILES string of the molecule is Cc1ccc(C)c(NS(=O)(=O)c2ccc(NC(=O)c3ccc(NS(=O)(=O)c4ccccc4)c(C)c3)cc2)c1. The van der Waals surface area contributed by atoms with Gasteiger partial charge in [-0.2, -0.15) is 0 Å². The maximum atomic E-state index is 12.8. The first-order valence-corrected chi connectivity index (χ1v) is 14.6. The maximum Gasteiger partial charge on any atom is 0.261 e. The van der Waals surface area contributed by atoms with Crippen molar-refractivity contribution in [2.24, 2.45) is 0 Å². The first-order chi connectivity index (χ1) is 17.9. The van der Waals surface area contributed by atoms with E-state index in [1.807, 2.05) is 26.0 Å². The molecule has 0 spiro atoms. The molecule has 0 aliphatic heterocycles. The normalized spacial score (nSPS) is 11.6. The zero-order valence-electron chi connectivity index (χ0n) is 21.0. The number of carbonyl (C=O) groups is 1. The largest absolute Gasteiger partial charge is 0.322 e. The van der Waals surface area contributed by atoms with Crippen LogP contribution in [0.4, 0.5) is 17.1 Å². The average Bonchev–Trinajstić information content (AvgIpc) is 2.88. The summed E-state index contributed by atoms with van der Waals surface area (Å²) in [6.07, 6.45) is 0. The third-order valence-corrected chi connectivity index (χ3v) is 8.61. The van der Waals surface area contributed by atoms with E-state index in [4.69, 9.17) is 0 Å². The van der Waals surface area contributed by atoms with Gasteiger partial charge in [-0.3, -0.25) is 14.2 Å². The maximum absolute atomic E-state index is 12.8. The van der Waals surface area contributed by atoms with Crippen LogP contribution < -0.4 is 14.8 Å². The molecule has 0 radical (unpaired) electrons. The lowest BCUT2D eigenvalue weighted by atomic mass is 10.1. The van der Waals surface area contributed by atoms with Crippen LogP contribution in [0, 0.1) is 20.8 Å². The van der Waals surface area contributed by atoms with Crippen LogP contribution in [0.25, 0.3) is 0 Å². The first kappa shape index (κ1) is 26.9. The number of carbonyl (C=O) groups excluding carboxylic acids is 1. The standard InChI is InChI=1S/C28H27N3O5S2/c1-19-9-10-20(2)27(17-19)31-38(35,36)25-14-12-23(13-15-25)29-28(32)22-11-16-26(21(3)18-22)30-37(33,34)24-7-5-4-6-8-24/h4-18,30-31H,1-3H3,(H,29,32). The molecular formula is C28H27N3O5S2. The smallest absolute Gasteiger partial charge is 0.261 e. The third-order valence-electron chi connectivity index (χ3n) is 5.85. The zero-order chi connectivity index (χ0) is 27.5. The van der Waals surface area contributed by atoms with E-state index in [1.165, 1.54) is 48.5 Å². The summed E-state index contributed by atoms with van der Waals surface area (Å²) in [7, 11) is -7.58. The molecular weight excluding hydrogens is 522 g/mol. The quantitative estimate of drug-likeness (QED) is 0.269. The molecule has 4 aromatic carbocycles. The van der Waals surface area contributed by atoms with Gasteiger partial charge in [-0.15, -0.1) is 0 Å². The highest BCUT2D eigenvalue weighted by Gasteiger charge is 2.18. The molecule has 3 N–H and O–H groups in total. The van der Waals surface area contributed by atoms with Crippen molar-refractivity contribution < 1.29 is 21.6 Å². The van der Waals surface area contributed by atoms with Gasteiger partial charge >= 0.3 is 0 Å². The molecule has 10 heteroatoms. The minimum absolute atomic E-state index is 0.0577. The van der Waals surface area contributed by atoms with E-state index in [9.17, 15) is 21.6 Å². The van der Waals surface area contributed by atoms with Crippen LogP contribution in [0.3, 0.4) is 0 Å². The van der Waals surface area contributed by atoms with Crippen LogP contribution in [-0.4, -0.2) is 22.7 Å². The number of hydrogen-bond acceptors (Lipinski definition) is 5. The summed E-state index contributed by atoms with van der Waals surface area (Å²) in [5, 5.41) is 2.73. The highest BCUT2D eigenvalue weighted by atomic mass is 32.2. The molecule has 1 amide bonds. The summed E-state index contributed by atoms with van der Waals surface area (Å²) in [5.41, 5.74) is 3.89. The van der Waals surface area contributed by atoms with Crippen molar-refractivity contribution in [3.8, 4) is 0 Å². The molecule has 0 aliphatic carbocycles. The molecule has 0 atom stereocenters. The Morgan fingerprint density at radius 3 is 1.84 bits per heavy atom. The Morgan fingerprint density at radius 2 is 1.21 bits per heavy atom. The summed E-state index contributed by atoms with van der Waals surface area (Å²) in [4.78, 5) is 13.0. The molecule has 4 rings (SSSR count). The first-order valence-electron chi connectivity index (χ1n) is 11.6. The van der Waals surface area contributed by atoms with Crippen molar-refractivity contribution in [2.45, 2.75) is 30.6 Å². The Bertz CT molecular complexity index is 1700. The second-order valence-corrected chi connectivity index (χ2v) is 12.2. The fourth-order valence-electron chi connectivity index (χ4n) is 3.69. The van der Waals surface area contributed by atoms with Crippen molar-refractivity contribution >= 4 is 43.0 Å². The lowest BCUT2D eigenvalue weighted by Crippen LogP contribution is -2.16. The topological polar surface area (TPSA) is 121 Å². The van der Waals surface area contributed by atoms with Gasteiger partial charge in [0, 0.05) is 11.3 Å². The molecule has 196 valence electrons. The van der Waals surface area contributed by atoms with Gasteiger partial charge in [0.1, 0.15) is 0 Å². The Balaban J connectivity index is 1.45. The molecule has 0 saturated heterocycles. The lowest BCUT2D eigenvalue weighted by Gasteiger charge is -2.13. The Kier molecular flexibility index (Phi) is 7.56. The van der Waals surface area contributed by atoms with Gasteiger partial charge in [-0.05, 0) is 98.1 Å². The van der Waals surface area contributed by atoms with E-state index in [-0.39, 0.29) is 9.79 Å². The fraction of sp³-hybridized carbons (Fsp3) is 0.107. The molecule has 0 aliphatic rings. The number of sulfonamides is 2. The van der Waals surface area contributed by atoms with Crippen molar-refractivity contribution in [1.29, 1.82) is 0 Å². The van der Waals surface area contributed by atoms with Gasteiger partial charge < -0.3 is 5.32 Å². The highest BCUT2D eigenvalue weighted by molar-refractivity contribution is 7.93. The number of benzene rings is 4. The second-order valence-electron chi connectivity index (χ2n) is 8.85. The predicted octanol–water partition coefficient (Wildman–Crippen LogP) is 5.47. The molecule has 0 aromatic heterocycles. The highest BCUT2D eigenvalue weighted by Crippen LogP contribution is 2.24. The summed E-state index contributed by atoms with van der Waals surface area (Å²) >= 11 is 0. The number of aryl methyl sites for hydroxylation is 3. The number of anilines is 3. The molecule has 0 bridgehead atoms. The van der Waals surface area contributed by atoms with Gasteiger partial charge in [-0.1, -0.05) is 30.3 Å². The van der Waals surface area contributed by atoms with Gasteiger partial charge in [0.2, 0.25) is 0 Å². The predicted molar refractivity (Wildman–Crippen MR) is 150 cm³/mol. The van der Waals surface area contributed by atoms with Gasteiger partial charge in [-0.25, -0.2) is 16.8 Å². The molecule has 8 nitrogen and oxygen atoms in total. The Hall–Kier alpha value is -4.15. The van der Waals surface area contributed by atoms with Crippen molar-refractivity contribution in [3.05, 3.63) is 113 Å². The molecule has 0 heterocycles. The van der Waals surface area contributed by atoms with E-state index in [2.05, 4.69) is 14.8 Å². The van der Waals surface area contributed by atoms with Crippen LogP contribution >= 0.6 is 0 Å². The summed E-state index contributed by atoms with van der Waals surface area (Å²) in [5.74, 6) is -0.422. The third kappa shape index (κ3) is 6.21. The molecule has 0 fully saturated rings. The molecule has 0 unspecified atom stereocenters. The van der Waals surface area contributed by atoms with Gasteiger partial charge in [0.05, 0.1) is 21.2 Å². The minimum Gasteiger partial charge on any atom is -0.322 e. The van der Waals surface area contributed by atoms with E-state index in [1.54, 1.807) is 37.3 Å². The Morgan fingerprint density at radius 1 is 0.605 bits per heavy atom. The Labute approximate surface area is 222 Å². The van der Waals surface area contributed by atoms with Crippen LogP contribution in [0.5, 0.6) is 0 Å². The van der Waals surface area contributed by atoms with E-state index in [0.717, 1.165) is 11.1 Å². The van der Waals surface area contributed by atoms with Crippen molar-refractivity contribution in [3.63, 3.8) is 0 Å². The number of amides is 1. The number of rotatable bonds is 8. The summed E-state index contributed by atoms with van der Waals surface area (Å²) in [6.45, 7) is 5.40. The fourth-order valence-corrected chi connectivity index (χ4v) is 5.97. The monoisotopic (exact) mass is 549 g/mol. The number of nitrogens with one attached hydrogen (secondary N) is 3. The minimum atomic E-state index is -3.81. The van der Waals surface area contributed by atoms with Crippen LogP contribution in [0.15, 0.2) is 101 Å². The average molecular weight is 550 g/mol. The van der Waals surface area contributed by atoms with Crippen molar-refractivity contribution in [1.82, 2.24) is 0 Å². The number of hydrogen-bond donors (Lipinski definition) is 3. The van der Waals surface area contributed by atoms with Crippen LogP contribution in [-0.2, 0) is 20.0 Å². The van der Waals surface area contributed by atoms with Gasteiger partial charge in [0.25, 0.3) is 26.0 Å². The lowest BCUT2D eigenvalue weighted by molar-refractivity contribution is 0.102. The van der Waals surface area contributed by atoms with E-state index >= 15 is 0 Å². The second kappa shape index (κ2) is 10.7. The van der Waals surface area contributed by atoms with Crippen LogP contribution in [0.1, 0.15) is 27.0 Å². The van der Waals surface area contributed by atoms with Crippen LogP contribution in [0.2, 0.25) is 0 Å². The summed E-state index contributed by atoms with van der Waals surface area (Å²) in [6, 6.07) is 24.0. The van der Waals surface area contributed by atoms with E-state index in [0.29, 0.717) is 28.2 Å². The summed E-state index contributed by atoms with van der Waals surface area (Å²) < 4.78 is 56.0. The molecule has 4 aromatic rings. The molecule has 38 heavy (non-hydrogen) atoms. The molecule has 0 saturated carbocycles. The van der Waals surface area contributed by atoms with E-state index < -0.39 is 26.0 Å². The zero-order valence-corrected chi connectivity index (χ0v) is 22.7. The van der Waals surface area contributed by atoms with Crippen molar-refractivity contribution in [2.75, 3.05) is 14.8 Å².